The Bertz CT molecular complexity index is 1530. The summed E-state index contributed by atoms with van der Waals surface area (Å²) in [4.78, 5) is 27.6. The van der Waals surface area contributed by atoms with Crippen LogP contribution in [0.15, 0.2) is 70.7 Å². The van der Waals surface area contributed by atoms with Gasteiger partial charge in [0.1, 0.15) is 31.1 Å². The smallest absolute Gasteiger partial charge is 0.335 e. The molecule has 0 saturated heterocycles. The van der Waals surface area contributed by atoms with Crippen molar-refractivity contribution in [2.45, 2.75) is 31.4 Å². The summed E-state index contributed by atoms with van der Waals surface area (Å²) < 4.78 is 58.0. The Hall–Kier alpha value is -3.83. The average molecular weight is 645 g/mol. The van der Waals surface area contributed by atoms with E-state index in [-0.39, 0.29) is 32.3 Å². The van der Waals surface area contributed by atoms with Gasteiger partial charge < -0.3 is 19.9 Å². The molecule has 1 saturated carbocycles. The number of carbonyl (C=O) groups is 2. The van der Waals surface area contributed by atoms with Crippen LogP contribution in [0.3, 0.4) is 0 Å². The highest BCUT2D eigenvalue weighted by Crippen LogP contribution is 2.44. The molecular formula is C31H28BrF3N2O5. The largest absolute Gasteiger partial charge is 0.490 e. The normalized spacial score (nSPS) is 16.2. The van der Waals surface area contributed by atoms with Gasteiger partial charge in [-0.25, -0.2) is 13.6 Å². The zero-order valence-electron chi connectivity index (χ0n) is 22.5. The Labute approximate surface area is 249 Å². The zero-order chi connectivity index (χ0) is 29.9. The van der Waals surface area contributed by atoms with Crippen LogP contribution < -0.4 is 15.2 Å². The fourth-order valence-electron chi connectivity index (χ4n) is 5.01. The fraction of sp³-hybridized carbons (Fsp3) is 0.290. The van der Waals surface area contributed by atoms with Crippen molar-refractivity contribution in [2.24, 2.45) is 5.73 Å². The molecule has 0 atom stereocenters. The molecule has 0 aromatic heterocycles. The minimum Gasteiger partial charge on any atom is -0.490 e. The van der Waals surface area contributed by atoms with Crippen LogP contribution >= 0.6 is 15.9 Å². The third-order valence-electron chi connectivity index (χ3n) is 7.50. The molecule has 0 radical (unpaired) electrons. The van der Waals surface area contributed by atoms with Crippen LogP contribution in [0, 0.1) is 17.5 Å². The van der Waals surface area contributed by atoms with Crippen molar-refractivity contribution in [1.29, 1.82) is 0 Å². The monoisotopic (exact) mass is 644 g/mol. The zero-order valence-corrected chi connectivity index (χ0v) is 24.1. The summed E-state index contributed by atoms with van der Waals surface area (Å²) in [5.41, 5.74) is 7.86. The number of halogens is 4. The van der Waals surface area contributed by atoms with Gasteiger partial charge in [-0.1, -0.05) is 46.3 Å². The van der Waals surface area contributed by atoms with E-state index in [0.717, 1.165) is 27.2 Å². The molecule has 3 aromatic carbocycles. The van der Waals surface area contributed by atoms with E-state index < -0.39 is 34.7 Å². The molecule has 1 aliphatic heterocycles. The molecule has 1 heterocycles. The summed E-state index contributed by atoms with van der Waals surface area (Å²) in [5, 5.41) is 0. The van der Waals surface area contributed by atoms with E-state index in [9.17, 15) is 22.8 Å². The summed E-state index contributed by atoms with van der Waals surface area (Å²) in [5.74, 6) is -4.80. The van der Waals surface area contributed by atoms with Gasteiger partial charge in [0.25, 0.3) is 0 Å². The van der Waals surface area contributed by atoms with E-state index in [0.29, 0.717) is 43.2 Å². The van der Waals surface area contributed by atoms with Crippen LogP contribution in [0.5, 0.6) is 11.5 Å². The Morgan fingerprint density at radius 2 is 1.62 bits per heavy atom. The number of nitrogens with zero attached hydrogens (tertiary/aromatic N) is 1. The minimum atomic E-state index is -1.40. The van der Waals surface area contributed by atoms with E-state index in [2.05, 4.69) is 15.9 Å². The number of primary amides is 1. The molecule has 220 valence electrons. The van der Waals surface area contributed by atoms with Gasteiger partial charge in [-0.2, -0.15) is 4.39 Å². The van der Waals surface area contributed by atoms with E-state index in [4.69, 9.17) is 19.9 Å². The summed E-state index contributed by atoms with van der Waals surface area (Å²) >= 11 is 3.47. The summed E-state index contributed by atoms with van der Waals surface area (Å²) in [6.07, 6.45) is 1.82. The second-order valence-corrected chi connectivity index (χ2v) is 10.9. The van der Waals surface area contributed by atoms with E-state index in [1.54, 1.807) is 24.3 Å². The molecule has 1 amide bonds. The van der Waals surface area contributed by atoms with Gasteiger partial charge >= 0.3 is 5.97 Å². The van der Waals surface area contributed by atoms with Gasteiger partial charge in [-0.3, -0.25) is 9.69 Å². The molecule has 7 nitrogen and oxygen atoms in total. The highest BCUT2D eigenvalue weighted by atomic mass is 79.9. The van der Waals surface area contributed by atoms with Crippen molar-refractivity contribution in [2.75, 3.05) is 26.3 Å². The molecule has 0 unspecified atom stereocenters. The second kappa shape index (κ2) is 12.6. The van der Waals surface area contributed by atoms with Gasteiger partial charge in [0, 0.05) is 23.1 Å². The Balaban J connectivity index is 1.28. The van der Waals surface area contributed by atoms with Gasteiger partial charge in [0.15, 0.2) is 17.4 Å². The Morgan fingerprint density at radius 1 is 0.929 bits per heavy atom. The van der Waals surface area contributed by atoms with Crippen LogP contribution in [0.25, 0.3) is 5.57 Å². The second-order valence-electron chi connectivity index (χ2n) is 10.1. The highest BCUT2D eigenvalue weighted by molar-refractivity contribution is 9.10. The number of hydrogen-bond acceptors (Lipinski definition) is 6. The maximum Gasteiger partial charge on any atom is 0.335 e. The Kier molecular flexibility index (Phi) is 8.88. The van der Waals surface area contributed by atoms with Crippen LogP contribution in [0.2, 0.25) is 0 Å². The van der Waals surface area contributed by atoms with Crippen molar-refractivity contribution >= 4 is 33.4 Å². The molecular weight excluding hydrogens is 617 g/mol. The van der Waals surface area contributed by atoms with Crippen LogP contribution in [0.1, 0.15) is 30.4 Å². The van der Waals surface area contributed by atoms with Gasteiger partial charge in [0.2, 0.25) is 11.7 Å². The first-order valence-corrected chi connectivity index (χ1v) is 14.2. The molecule has 1 aliphatic carbocycles. The van der Waals surface area contributed by atoms with Crippen molar-refractivity contribution in [3.63, 3.8) is 0 Å². The molecule has 3 aromatic rings. The number of ether oxygens (including phenoxy) is 3. The molecule has 42 heavy (non-hydrogen) atoms. The van der Waals surface area contributed by atoms with Crippen molar-refractivity contribution < 1.29 is 37.0 Å². The van der Waals surface area contributed by atoms with Crippen LogP contribution in [0.4, 0.5) is 13.2 Å². The van der Waals surface area contributed by atoms with E-state index in [1.165, 1.54) is 0 Å². The summed E-state index contributed by atoms with van der Waals surface area (Å²) in [7, 11) is 0. The highest BCUT2D eigenvalue weighted by Gasteiger charge is 2.54. The van der Waals surface area contributed by atoms with Crippen LogP contribution in [-0.2, 0) is 20.9 Å². The van der Waals surface area contributed by atoms with Crippen molar-refractivity contribution in [3.05, 3.63) is 99.3 Å². The first-order chi connectivity index (χ1) is 20.2. The predicted molar refractivity (Wildman–Crippen MR) is 152 cm³/mol. The fourth-order valence-corrected chi connectivity index (χ4v) is 5.41. The first kappa shape index (κ1) is 29.7. The minimum absolute atomic E-state index is 0.0474. The summed E-state index contributed by atoms with van der Waals surface area (Å²) in [6.45, 7) is 0.609. The molecule has 0 bridgehead atoms. The van der Waals surface area contributed by atoms with E-state index in [1.807, 2.05) is 29.2 Å². The molecule has 1 fully saturated rings. The third kappa shape index (κ3) is 6.32. The lowest BCUT2D eigenvalue weighted by atomic mass is 9.92. The number of rotatable bonds is 11. The topological polar surface area (TPSA) is 91.1 Å². The number of benzene rings is 3. The molecule has 5 rings (SSSR count). The SMILES string of the molecule is NC(=O)C1(N2CCC(c3ccc(OCCOc4c(F)ccc(F)c4F)cc3)=C(C(=O)OCc3ccccc3Br)C2)CC1. The Morgan fingerprint density at radius 3 is 2.31 bits per heavy atom. The number of carbonyl (C=O) groups excluding carboxylic acids is 2. The maximum atomic E-state index is 13.8. The van der Waals surface area contributed by atoms with Gasteiger partial charge in [0.05, 0.1) is 5.57 Å². The number of esters is 1. The third-order valence-corrected chi connectivity index (χ3v) is 8.27. The van der Waals surface area contributed by atoms with Gasteiger partial charge in [-0.05, 0) is 60.7 Å². The van der Waals surface area contributed by atoms with Crippen molar-refractivity contribution in [3.8, 4) is 11.5 Å². The lowest BCUT2D eigenvalue weighted by Crippen LogP contribution is -2.50. The van der Waals surface area contributed by atoms with Crippen LogP contribution in [-0.4, -0.2) is 48.6 Å². The van der Waals surface area contributed by atoms with Gasteiger partial charge in [-0.15, -0.1) is 0 Å². The molecule has 11 heteroatoms. The van der Waals surface area contributed by atoms with Crippen molar-refractivity contribution in [1.82, 2.24) is 4.90 Å². The molecule has 0 spiro atoms. The molecule has 2 aliphatic rings. The molecule has 2 N–H and O–H groups in total. The average Bonchev–Trinajstić information content (AvgIpc) is 3.81. The number of amides is 1. The lowest BCUT2D eigenvalue weighted by Gasteiger charge is -2.35. The number of hydrogen-bond donors (Lipinski definition) is 1. The summed E-state index contributed by atoms with van der Waals surface area (Å²) in [6, 6.07) is 15.9. The lowest BCUT2D eigenvalue weighted by molar-refractivity contribution is -0.141. The maximum absolute atomic E-state index is 13.8. The quantitative estimate of drug-likeness (QED) is 0.167. The number of nitrogens with two attached hydrogens (primary N) is 1. The predicted octanol–water partition coefficient (Wildman–Crippen LogP) is 5.54. The standard InChI is InChI=1S/C31H28BrF3N2O5/c32-24-4-2-1-3-20(24)18-42-29(38)23-17-37(31(12-13-31)30(36)39)14-11-22(23)19-5-7-21(8-6-19)40-15-16-41-28-26(34)10-9-25(33)27(28)35/h1-10H,11-18H2,(H2,36,39). The first-order valence-electron chi connectivity index (χ1n) is 13.4. The van der Waals surface area contributed by atoms with E-state index >= 15 is 0 Å².